The Morgan fingerprint density at radius 1 is 1.44 bits per heavy atom. The number of carboxylic acid groups (broad SMARTS) is 1. The molecular formula is C14H20N2O2. The van der Waals surface area contributed by atoms with Gasteiger partial charge in [-0.05, 0) is 30.9 Å². The third kappa shape index (κ3) is 3.72. The van der Waals surface area contributed by atoms with Gasteiger partial charge in [0.15, 0.2) is 0 Å². The summed E-state index contributed by atoms with van der Waals surface area (Å²) in [6, 6.07) is 3.09. The highest BCUT2D eigenvalue weighted by molar-refractivity contribution is 5.88. The van der Waals surface area contributed by atoms with Crippen LogP contribution in [0.25, 0.3) is 0 Å². The molecule has 0 spiro atoms. The molecule has 18 heavy (non-hydrogen) atoms. The van der Waals surface area contributed by atoms with Gasteiger partial charge in [-0.3, -0.25) is 0 Å². The second-order valence-electron chi connectivity index (χ2n) is 4.95. The molecule has 4 nitrogen and oxygen atoms in total. The van der Waals surface area contributed by atoms with Crippen LogP contribution in [0.2, 0.25) is 0 Å². The van der Waals surface area contributed by atoms with Gasteiger partial charge in [-0.2, -0.15) is 0 Å². The fourth-order valence-corrected chi connectivity index (χ4v) is 2.57. The lowest BCUT2D eigenvalue weighted by Gasteiger charge is -2.09. The molecule has 0 saturated heterocycles. The SMILES string of the molecule is O=C(O)c1ccnc(NCCCC2CCCC2)c1. The second kappa shape index (κ2) is 6.38. The second-order valence-corrected chi connectivity index (χ2v) is 4.95. The van der Waals surface area contributed by atoms with Crippen LogP contribution < -0.4 is 5.32 Å². The first-order chi connectivity index (χ1) is 8.75. The fourth-order valence-electron chi connectivity index (χ4n) is 2.57. The molecule has 1 heterocycles. The molecule has 1 aliphatic carbocycles. The molecule has 0 unspecified atom stereocenters. The number of rotatable bonds is 6. The van der Waals surface area contributed by atoms with E-state index < -0.39 is 5.97 Å². The number of nitrogens with zero attached hydrogens (tertiary/aromatic N) is 1. The maximum atomic E-state index is 10.8. The van der Waals surface area contributed by atoms with Crippen LogP contribution in [-0.2, 0) is 0 Å². The summed E-state index contributed by atoms with van der Waals surface area (Å²) in [6.45, 7) is 0.868. The predicted molar refractivity (Wildman–Crippen MR) is 70.9 cm³/mol. The van der Waals surface area contributed by atoms with Gasteiger partial charge in [-0.25, -0.2) is 9.78 Å². The lowest BCUT2D eigenvalue weighted by atomic mass is 10.0. The monoisotopic (exact) mass is 248 g/mol. The molecule has 0 radical (unpaired) electrons. The van der Waals surface area contributed by atoms with Crippen LogP contribution in [0.1, 0.15) is 48.9 Å². The normalized spacial score (nSPS) is 15.8. The van der Waals surface area contributed by atoms with Crippen molar-refractivity contribution in [2.45, 2.75) is 38.5 Å². The van der Waals surface area contributed by atoms with E-state index in [4.69, 9.17) is 5.11 Å². The third-order valence-electron chi connectivity index (χ3n) is 3.58. The molecule has 1 saturated carbocycles. The van der Waals surface area contributed by atoms with Gasteiger partial charge in [-0.15, -0.1) is 0 Å². The van der Waals surface area contributed by atoms with Crippen molar-refractivity contribution in [2.75, 3.05) is 11.9 Å². The fraction of sp³-hybridized carbons (Fsp3) is 0.571. The minimum Gasteiger partial charge on any atom is -0.478 e. The number of nitrogens with one attached hydrogen (secondary N) is 1. The Kier molecular flexibility index (Phi) is 4.56. The zero-order chi connectivity index (χ0) is 12.8. The summed E-state index contributed by atoms with van der Waals surface area (Å²) in [7, 11) is 0. The smallest absolute Gasteiger partial charge is 0.335 e. The van der Waals surface area contributed by atoms with Crippen LogP contribution in [0, 0.1) is 5.92 Å². The van der Waals surface area contributed by atoms with Gasteiger partial charge in [0.2, 0.25) is 0 Å². The number of carbonyl (C=O) groups is 1. The molecular weight excluding hydrogens is 228 g/mol. The zero-order valence-electron chi connectivity index (χ0n) is 10.6. The van der Waals surface area contributed by atoms with Gasteiger partial charge in [-0.1, -0.05) is 25.7 Å². The Morgan fingerprint density at radius 3 is 2.94 bits per heavy atom. The summed E-state index contributed by atoms with van der Waals surface area (Å²) >= 11 is 0. The van der Waals surface area contributed by atoms with Gasteiger partial charge in [0, 0.05) is 12.7 Å². The molecule has 1 fully saturated rings. The molecule has 98 valence electrons. The van der Waals surface area contributed by atoms with Crippen LogP contribution in [-0.4, -0.2) is 22.6 Å². The maximum absolute atomic E-state index is 10.8. The van der Waals surface area contributed by atoms with Crippen molar-refractivity contribution in [2.24, 2.45) is 5.92 Å². The maximum Gasteiger partial charge on any atom is 0.335 e. The first kappa shape index (κ1) is 12.9. The average Bonchev–Trinajstić information content (AvgIpc) is 2.88. The number of anilines is 1. The van der Waals surface area contributed by atoms with E-state index in [2.05, 4.69) is 10.3 Å². The first-order valence-corrected chi connectivity index (χ1v) is 6.69. The van der Waals surface area contributed by atoms with E-state index in [1.54, 1.807) is 6.07 Å². The number of hydrogen-bond acceptors (Lipinski definition) is 3. The van der Waals surface area contributed by atoms with E-state index in [1.807, 2.05) is 0 Å². The van der Waals surface area contributed by atoms with Crippen molar-refractivity contribution in [3.63, 3.8) is 0 Å². The number of pyridine rings is 1. The Morgan fingerprint density at radius 2 is 2.22 bits per heavy atom. The van der Waals surface area contributed by atoms with E-state index >= 15 is 0 Å². The summed E-state index contributed by atoms with van der Waals surface area (Å²) in [5.41, 5.74) is 0.281. The highest BCUT2D eigenvalue weighted by Crippen LogP contribution is 2.28. The van der Waals surface area contributed by atoms with Crippen molar-refractivity contribution in [3.05, 3.63) is 23.9 Å². The van der Waals surface area contributed by atoms with Gasteiger partial charge >= 0.3 is 5.97 Å². The zero-order valence-corrected chi connectivity index (χ0v) is 10.6. The quantitative estimate of drug-likeness (QED) is 0.759. The van der Waals surface area contributed by atoms with Crippen molar-refractivity contribution >= 4 is 11.8 Å². The Balaban J connectivity index is 1.72. The summed E-state index contributed by atoms with van der Waals surface area (Å²) in [5.74, 6) is 0.651. The van der Waals surface area contributed by atoms with E-state index in [1.165, 1.54) is 44.4 Å². The first-order valence-electron chi connectivity index (χ1n) is 6.69. The molecule has 1 aliphatic rings. The van der Waals surface area contributed by atoms with Gasteiger partial charge in [0.05, 0.1) is 5.56 Å². The molecule has 1 aromatic heterocycles. The minimum atomic E-state index is -0.911. The summed E-state index contributed by atoms with van der Waals surface area (Å²) in [6.07, 6.45) is 9.47. The van der Waals surface area contributed by atoms with E-state index in [0.717, 1.165) is 18.9 Å². The van der Waals surface area contributed by atoms with Crippen LogP contribution in [0.15, 0.2) is 18.3 Å². The minimum absolute atomic E-state index is 0.281. The molecule has 0 aromatic carbocycles. The Labute approximate surface area is 107 Å². The number of hydrogen-bond donors (Lipinski definition) is 2. The van der Waals surface area contributed by atoms with Crippen molar-refractivity contribution < 1.29 is 9.90 Å². The number of carboxylic acids is 1. The summed E-state index contributed by atoms with van der Waals surface area (Å²) < 4.78 is 0. The lowest BCUT2D eigenvalue weighted by molar-refractivity contribution is 0.0697. The molecule has 1 aromatic rings. The topological polar surface area (TPSA) is 62.2 Å². The highest BCUT2D eigenvalue weighted by Gasteiger charge is 2.13. The predicted octanol–water partition coefficient (Wildman–Crippen LogP) is 3.16. The van der Waals surface area contributed by atoms with Crippen LogP contribution in [0.5, 0.6) is 0 Å². The van der Waals surface area contributed by atoms with Gasteiger partial charge in [0.1, 0.15) is 5.82 Å². The summed E-state index contributed by atoms with van der Waals surface area (Å²) in [4.78, 5) is 14.9. The van der Waals surface area contributed by atoms with Crippen LogP contribution >= 0.6 is 0 Å². The number of aromatic carboxylic acids is 1. The standard InChI is InChI=1S/C14H20N2O2/c17-14(18)12-7-9-16-13(10-12)15-8-3-6-11-4-1-2-5-11/h7,9-11H,1-6,8H2,(H,15,16)(H,17,18). The third-order valence-corrected chi connectivity index (χ3v) is 3.58. The molecule has 0 aliphatic heterocycles. The van der Waals surface area contributed by atoms with E-state index in [-0.39, 0.29) is 5.56 Å². The average molecular weight is 248 g/mol. The molecule has 2 rings (SSSR count). The van der Waals surface area contributed by atoms with E-state index in [9.17, 15) is 4.79 Å². The molecule has 2 N–H and O–H groups in total. The molecule has 0 bridgehead atoms. The van der Waals surface area contributed by atoms with Crippen molar-refractivity contribution in [1.82, 2.24) is 4.98 Å². The highest BCUT2D eigenvalue weighted by atomic mass is 16.4. The van der Waals surface area contributed by atoms with E-state index in [0.29, 0.717) is 5.82 Å². The largest absolute Gasteiger partial charge is 0.478 e. The van der Waals surface area contributed by atoms with Crippen molar-refractivity contribution in [1.29, 1.82) is 0 Å². The molecule has 0 amide bonds. The molecule has 0 atom stereocenters. The van der Waals surface area contributed by atoms with Crippen LogP contribution in [0.4, 0.5) is 5.82 Å². The Bertz CT molecular complexity index is 401. The van der Waals surface area contributed by atoms with Gasteiger partial charge < -0.3 is 10.4 Å². The van der Waals surface area contributed by atoms with Crippen molar-refractivity contribution in [3.8, 4) is 0 Å². The Hall–Kier alpha value is -1.58. The van der Waals surface area contributed by atoms with Gasteiger partial charge in [0.25, 0.3) is 0 Å². The lowest BCUT2D eigenvalue weighted by Crippen LogP contribution is -2.06. The summed E-state index contributed by atoms with van der Waals surface area (Å²) in [5, 5.41) is 12.1. The molecule has 4 heteroatoms. The van der Waals surface area contributed by atoms with Crippen LogP contribution in [0.3, 0.4) is 0 Å². The number of aromatic nitrogens is 1.